The van der Waals surface area contributed by atoms with Crippen LogP contribution >= 0.6 is 0 Å². The number of hydrogen-bond acceptors (Lipinski definition) is 1. The molecule has 15 rings (SSSR count). The highest BCUT2D eigenvalue weighted by Crippen LogP contribution is 2.69. The maximum atomic E-state index is 8.68. The zero-order chi connectivity index (χ0) is 49.5. The summed E-state index contributed by atoms with van der Waals surface area (Å²) in [4.78, 5) is 2.23. The van der Waals surface area contributed by atoms with E-state index >= 15 is 0 Å². The predicted octanol–water partition coefficient (Wildman–Crippen LogP) is 17.9. The van der Waals surface area contributed by atoms with Crippen molar-refractivity contribution in [1.29, 1.82) is 0 Å². The van der Waals surface area contributed by atoms with Crippen LogP contribution in [-0.2, 0) is 10.8 Å². The standard InChI is InChI=1S/C67H55N/c1-66(2)62-18-10-8-16-58(62)60-41-49(26-34-63(60)66)47-22-30-54(31-23-47)68(53-28-20-46(21-29-53)45-12-4-3-5-13-45)55-32-24-48(25-33-55)56-14-6-7-15-57(56)50-27-35-65-61(42-50)59-17-9-11-19-64(59)67(65)51-37-43-36-44(39-51)40-52(67)38-43/h3-35,41-44,51-52H,36-40H2,1-2H3/i3D,4D,5D,12D,13D. The Morgan fingerprint density at radius 2 is 0.779 bits per heavy atom. The molecule has 328 valence electrons. The molecule has 0 unspecified atom stereocenters. The summed E-state index contributed by atoms with van der Waals surface area (Å²) in [6, 6.07) is 65.0. The molecular formula is C67H55N. The van der Waals surface area contributed by atoms with Gasteiger partial charge in [-0.15, -0.1) is 0 Å². The molecule has 6 aliphatic carbocycles. The van der Waals surface area contributed by atoms with Gasteiger partial charge in [-0.1, -0.05) is 178 Å². The molecule has 0 saturated heterocycles. The first-order valence-electron chi connectivity index (χ1n) is 27.3. The maximum absolute atomic E-state index is 8.68. The fraction of sp³-hybridized carbons (Fsp3) is 0.194. The van der Waals surface area contributed by atoms with Crippen molar-refractivity contribution in [3.63, 3.8) is 0 Å². The summed E-state index contributed by atoms with van der Waals surface area (Å²) >= 11 is 0. The molecule has 6 aliphatic rings. The first-order valence-corrected chi connectivity index (χ1v) is 24.8. The van der Waals surface area contributed by atoms with Gasteiger partial charge >= 0.3 is 0 Å². The third-order valence-electron chi connectivity index (χ3n) is 17.2. The summed E-state index contributed by atoms with van der Waals surface area (Å²) < 4.78 is 42.2. The molecule has 4 saturated carbocycles. The second kappa shape index (κ2) is 15.1. The Balaban J connectivity index is 0.831. The Morgan fingerprint density at radius 3 is 1.40 bits per heavy atom. The first-order chi connectivity index (χ1) is 35.5. The zero-order valence-corrected chi connectivity index (χ0v) is 38.6. The van der Waals surface area contributed by atoms with E-state index in [2.05, 4.69) is 176 Å². The summed E-state index contributed by atoms with van der Waals surface area (Å²) in [6.07, 6.45) is 6.96. The van der Waals surface area contributed by atoms with Gasteiger partial charge in [0.15, 0.2) is 0 Å². The normalized spacial score (nSPS) is 22.9. The maximum Gasteiger partial charge on any atom is 0.0629 e. The van der Waals surface area contributed by atoms with E-state index in [0.717, 1.165) is 57.4 Å². The lowest BCUT2D eigenvalue weighted by atomic mass is 9.43. The first kappa shape index (κ1) is 35.0. The van der Waals surface area contributed by atoms with Crippen LogP contribution in [0.5, 0.6) is 0 Å². The molecule has 1 heteroatoms. The van der Waals surface area contributed by atoms with E-state index in [0.29, 0.717) is 5.56 Å². The Hall–Kier alpha value is -7.22. The van der Waals surface area contributed by atoms with Gasteiger partial charge in [0.25, 0.3) is 0 Å². The van der Waals surface area contributed by atoms with Crippen LogP contribution in [0.3, 0.4) is 0 Å². The zero-order valence-electron chi connectivity index (χ0n) is 43.6. The van der Waals surface area contributed by atoms with Gasteiger partial charge < -0.3 is 4.90 Å². The molecule has 0 atom stereocenters. The largest absolute Gasteiger partial charge is 0.311 e. The van der Waals surface area contributed by atoms with Crippen molar-refractivity contribution in [3.8, 4) is 66.8 Å². The molecule has 4 bridgehead atoms. The summed E-state index contributed by atoms with van der Waals surface area (Å²) in [7, 11) is 0. The Morgan fingerprint density at radius 1 is 0.368 bits per heavy atom. The predicted molar refractivity (Wildman–Crippen MR) is 284 cm³/mol. The SMILES string of the molecule is [2H]c1c([2H])c([2H])c(-c2ccc(N(c3ccc(-c4ccc5c(c4)-c4ccccc4C5(C)C)cc3)c3ccc(-c4ccccc4-c4ccc5c(c4)-c4ccccc4C54C5CC6CC(C5)CC4C6)cc3)cc2)c([2H])c1[2H]. The molecule has 9 aromatic carbocycles. The van der Waals surface area contributed by atoms with Gasteiger partial charge in [-0.05, 0) is 193 Å². The van der Waals surface area contributed by atoms with Crippen molar-refractivity contribution in [2.75, 3.05) is 4.90 Å². The number of benzene rings is 9. The summed E-state index contributed by atoms with van der Waals surface area (Å²) in [5, 5.41) is 0. The van der Waals surface area contributed by atoms with Gasteiger partial charge in [0, 0.05) is 27.9 Å². The lowest BCUT2D eigenvalue weighted by Crippen LogP contribution is -2.55. The fourth-order valence-corrected chi connectivity index (χ4v) is 14.4. The molecule has 9 aromatic rings. The van der Waals surface area contributed by atoms with Crippen molar-refractivity contribution < 1.29 is 6.85 Å². The number of fused-ring (bicyclic) bond motifs is 6. The Labute approximate surface area is 408 Å². The molecule has 0 aromatic heterocycles. The van der Waals surface area contributed by atoms with Crippen molar-refractivity contribution >= 4 is 17.1 Å². The number of hydrogen-bond donors (Lipinski definition) is 0. The highest BCUT2D eigenvalue weighted by atomic mass is 15.1. The van der Waals surface area contributed by atoms with Gasteiger partial charge in [0.05, 0.1) is 6.85 Å². The van der Waals surface area contributed by atoms with Crippen LogP contribution in [0.2, 0.25) is 0 Å². The average Bonchev–Trinajstić information content (AvgIpc) is 3.85. The van der Waals surface area contributed by atoms with Crippen LogP contribution in [0, 0.1) is 23.7 Å². The Bertz CT molecular complexity index is 3660. The van der Waals surface area contributed by atoms with Crippen molar-refractivity contribution in [2.24, 2.45) is 23.7 Å². The van der Waals surface area contributed by atoms with Gasteiger partial charge in [-0.25, -0.2) is 0 Å². The summed E-state index contributed by atoms with van der Waals surface area (Å²) in [6.45, 7) is 4.62. The third kappa shape index (κ3) is 5.94. The van der Waals surface area contributed by atoms with E-state index in [4.69, 9.17) is 6.85 Å². The van der Waals surface area contributed by atoms with Crippen LogP contribution in [0.25, 0.3) is 66.8 Å². The molecule has 0 aliphatic heterocycles. The third-order valence-corrected chi connectivity index (χ3v) is 17.2. The summed E-state index contributed by atoms with van der Waals surface area (Å²) in [5.74, 6) is 3.29. The topological polar surface area (TPSA) is 3.24 Å². The number of anilines is 3. The van der Waals surface area contributed by atoms with E-state index in [-0.39, 0.29) is 40.6 Å². The van der Waals surface area contributed by atoms with Crippen LogP contribution in [0.15, 0.2) is 212 Å². The highest BCUT2D eigenvalue weighted by Gasteiger charge is 2.61. The molecule has 4 fully saturated rings. The molecule has 1 spiro atoms. The van der Waals surface area contributed by atoms with E-state index in [1.807, 2.05) is 24.3 Å². The van der Waals surface area contributed by atoms with Crippen LogP contribution in [-0.4, -0.2) is 0 Å². The second-order valence-electron chi connectivity index (χ2n) is 20.9. The summed E-state index contributed by atoms with van der Waals surface area (Å²) in [5.41, 5.74) is 22.0. The minimum absolute atomic E-state index is 0.0589. The van der Waals surface area contributed by atoms with Crippen molar-refractivity contribution in [1.82, 2.24) is 0 Å². The van der Waals surface area contributed by atoms with Crippen molar-refractivity contribution in [3.05, 3.63) is 234 Å². The molecule has 0 heterocycles. The van der Waals surface area contributed by atoms with Crippen LogP contribution < -0.4 is 4.90 Å². The van der Waals surface area contributed by atoms with Gasteiger partial charge in [-0.2, -0.15) is 0 Å². The molecule has 0 N–H and O–H groups in total. The van der Waals surface area contributed by atoms with E-state index in [1.165, 1.54) is 82.2 Å². The second-order valence-corrected chi connectivity index (χ2v) is 20.9. The average molecular weight is 879 g/mol. The van der Waals surface area contributed by atoms with Gasteiger partial charge in [0.2, 0.25) is 0 Å². The van der Waals surface area contributed by atoms with Gasteiger partial charge in [0.1, 0.15) is 0 Å². The minimum Gasteiger partial charge on any atom is -0.311 e. The monoisotopic (exact) mass is 878 g/mol. The highest BCUT2D eigenvalue weighted by molar-refractivity contribution is 5.91. The van der Waals surface area contributed by atoms with Crippen molar-refractivity contribution in [2.45, 2.75) is 56.8 Å². The molecular weight excluding hydrogens is 819 g/mol. The number of nitrogens with zero attached hydrogens (tertiary/aromatic N) is 1. The lowest BCUT2D eigenvalue weighted by Gasteiger charge is -2.61. The fourth-order valence-electron chi connectivity index (χ4n) is 14.4. The van der Waals surface area contributed by atoms with E-state index in [1.54, 1.807) is 11.1 Å². The lowest BCUT2D eigenvalue weighted by molar-refractivity contribution is -0.0399. The van der Waals surface area contributed by atoms with Crippen LogP contribution in [0.1, 0.15) is 75.1 Å². The van der Waals surface area contributed by atoms with Crippen LogP contribution in [0.4, 0.5) is 17.1 Å². The van der Waals surface area contributed by atoms with E-state index in [9.17, 15) is 0 Å². The quantitative estimate of drug-likeness (QED) is 0.154. The molecule has 68 heavy (non-hydrogen) atoms. The Kier molecular flexibility index (Phi) is 7.79. The molecule has 0 radical (unpaired) electrons. The minimum atomic E-state index is -0.395. The molecule has 1 nitrogen and oxygen atoms in total. The smallest absolute Gasteiger partial charge is 0.0629 e. The number of rotatable bonds is 7. The van der Waals surface area contributed by atoms with Gasteiger partial charge in [-0.3, -0.25) is 0 Å². The van der Waals surface area contributed by atoms with E-state index < -0.39 is 6.04 Å². The molecule has 0 amide bonds.